The van der Waals surface area contributed by atoms with Gasteiger partial charge in [0.1, 0.15) is 36.0 Å². The van der Waals surface area contributed by atoms with E-state index in [4.69, 9.17) is 22.3 Å². The number of phenolic OH excluding ortho intramolecular Hbond substituents is 1. The van der Waals surface area contributed by atoms with Crippen molar-refractivity contribution in [2.24, 2.45) is 28.1 Å². The van der Waals surface area contributed by atoms with Crippen molar-refractivity contribution in [2.45, 2.75) is 88.6 Å². The summed E-state index contributed by atoms with van der Waals surface area (Å²) in [6.07, 6.45) is 0.481. The molecule has 1 aromatic heterocycles. The van der Waals surface area contributed by atoms with Crippen LogP contribution in [-0.2, 0) is 51.2 Å². The number of hydrogen-bond acceptors (Lipinski definition) is 12. The van der Waals surface area contributed by atoms with E-state index in [0.29, 0.717) is 11.3 Å². The van der Waals surface area contributed by atoms with Crippen molar-refractivity contribution in [2.75, 3.05) is 6.54 Å². The molecule has 0 unspecified atom stereocenters. The van der Waals surface area contributed by atoms with Gasteiger partial charge in [-0.15, -0.1) is 0 Å². The normalized spacial score (nSPS) is 14.0. The molecule has 0 spiro atoms. The Hall–Kier alpha value is -6.78. The van der Waals surface area contributed by atoms with Crippen molar-refractivity contribution in [3.8, 4) is 5.75 Å². The first-order chi connectivity index (χ1) is 26.8. The number of imidazole rings is 1. The lowest BCUT2D eigenvalue weighted by Crippen LogP contribution is -2.60. The number of aliphatic carboxylic acids is 3. The Kier molecular flexibility index (Phi) is 18.4. The summed E-state index contributed by atoms with van der Waals surface area (Å²) >= 11 is 0. The molecule has 57 heavy (non-hydrogen) atoms. The maximum atomic E-state index is 14.0. The minimum absolute atomic E-state index is 0.0754. The first-order valence-corrected chi connectivity index (χ1v) is 17.5. The molecule has 16 N–H and O–H groups in total. The molecular formula is C34H49N11O12. The molecule has 1 aromatic carbocycles. The van der Waals surface area contributed by atoms with Crippen LogP contribution in [0.15, 0.2) is 41.8 Å². The van der Waals surface area contributed by atoms with E-state index in [0.717, 1.165) is 0 Å². The van der Waals surface area contributed by atoms with E-state index in [2.05, 4.69) is 41.5 Å². The monoisotopic (exact) mass is 803 g/mol. The maximum Gasteiger partial charge on any atom is 0.326 e. The van der Waals surface area contributed by atoms with Crippen LogP contribution < -0.4 is 43.8 Å². The predicted octanol–water partition coefficient (Wildman–Crippen LogP) is -3.60. The highest BCUT2D eigenvalue weighted by Crippen LogP contribution is 2.13. The molecular weight excluding hydrogens is 754 g/mol. The second kappa shape index (κ2) is 22.6. The molecule has 312 valence electrons. The number of benzene rings is 1. The van der Waals surface area contributed by atoms with Gasteiger partial charge in [0.05, 0.1) is 25.2 Å². The van der Waals surface area contributed by atoms with E-state index in [1.807, 2.05) is 0 Å². The molecule has 23 nitrogen and oxygen atoms in total. The fraction of sp³-hybridized carbons (Fsp3) is 0.471. The third-order valence-corrected chi connectivity index (χ3v) is 8.17. The molecule has 2 aromatic rings. The van der Waals surface area contributed by atoms with Gasteiger partial charge in [0, 0.05) is 31.3 Å². The van der Waals surface area contributed by atoms with E-state index in [9.17, 15) is 53.7 Å². The van der Waals surface area contributed by atoms with Gasteiger partial charge in [-0.1, -0.05) is 26.0 Å². The van der Waals surface area contributed by atoms with E-state index in [1.54, 1.807) is 0 Å². The summed E-state index contributed by atoms with van der Waals surface area (Å²) in [4.78, 5) is 112. The Morgan fingerprint density at radius 3 is 1.79 bits per heavy atom. The fourth-order valence-electron chi connectivity index (χ4n) is 5.20. The molecule has 1 heterocycles. The van der Waals surface area contributed by atoms with Gasteiger partial charge in [0.15, 0.2) is 5.96 Å². The fourth-order valence-corrected chi connectivity index (χ4v) is 5.20. The van der Waals surface area contributed by atoms with Crippen LogP contribution >= 0.6 is 0 Å². The first kappa shape index (κ1) is 46.4. The Balaban J connectivity index is 2.41. The summed E-state index contributed by atoms with van der Waals surface area (Å²) in [6, 6.07) is -3.77. The lowest BCUT2D eigenvalue weighted by Gasteiger charge is -2.27. The number of carbonyl (C=O) groups is 8. The number of nitrogens with one attached hydrogen (secondary N) is 6. The van der Waals surface area contributed by atoms with Crippen LogP contribution in [0.2, 0.25) is 0 Å². The van der Waals surface area contributed by atoms with Gasteiger partial charge < -0.3 is 69.2 Å². The second-order valence-corrected chi connectivity index (χ2v) is 13.2. The molecule has 0 aliphatic heterocycles. The molecule has 0 saturated carbocycles. The smallest absolute Gasteiger partial charge is 0.326 e. The summed E-state index contributed by atoms with van der Waals surface area (Å²) in [6.45, 7) is 3.10. The molecule has 0 radical (unpaired) electrons. The highest BCUT2D eigenvalue weighted by molar-refractivity contribution is 5.98. The number of phenols is 1. The Morgan fingerprint density at radius 1 is 0.737 bits per heavy atom. The third kappa shape index (κ3) is 16.6. The topological polar surface area (TPSA) is 397 Å². The number of nitrogens with two attached hydrogens (primary N) is 3. The number of aromatic amines is 1. The summed E-state index contributed by atoms with van der Waals surface area (Å²) in [5.74, 6) is -10.4. The van der Waals surface area contributed by atoms with Crippen LogP contribution in [0.3, 0.4) is 0 Å². The van der Waals surface area contributed by atoms with Gasteiger partial charge in [0.25, 0.3) is 0 Å². The van der Waals surface area contributed by atoms with Crippen molar-refractivity contribution in [1.29, 1.82) is 0 Å². The van der Waals surface area contributed by atoms with Crippen LogP contribution in [0.25, 0.3) is 0 Å². The summed E-state index contributed by atoms with van der Waals surface area (Å²) in [7, 11) is 0. The number of aromatic nitrogens is 2. The number of guanidine groups is 1. The van der Waals surface area contributed by atoms with Gasteiger partial charge in [0.2, 0.25) is 29.5 Å². The highest BCUT2D eigenvalue weighted by Gasteiger charge is 2.35. The zero-order chi connectivity index (χ0) is 42.8. The Morgan fingerprint density at radius 2 is 1.28 bits per heavy atom. The summed E-state index contributed by atoms with van der Waals surface area (Å²) < 4.78 is 0. The molecule has 0 aliphatic rings. The number of amides is 5. The van der Waals surface area contributed by atoms with Gasteiger partial charge in [-0.05, 0) is 36.5 Å². The average molecular weight is 804 g/mol. The van der Waals surface area contributed by atoms with E-state index >= 15 is 0 Å². The predicted molar refractivity (Wildman–Crippen MR) is 199 cm³/mol. The number of aromatic hydroxyl groups is 1. The third-order valence-electron chi connectivity index (χ3n) is 8.17. The van der Waals surface area contributed by atoms with Crippen molar-refractivity contribution in [1.82, 2.24) is 36.6 Å². The molecule has 0 fully saturated rings. The number of carbonyl (C=O) groups excluding carboxylic acids is 5. The molecule has 2 rings (SSSR count). The SMILES string of the molecule is CC(C)[C@H](NC(=O)[C@@H](N)CC(=O)O)C(=O)N[C@@H](CC(=O)O)C(=O)N[C@@H](Cc1ccc(O)cc1)C(=O)N[C@@H](Cc1cnc[nH]1)C(=O)N[C@@H](CCCN=C(N)N)C(=O)O. The van der Waals surface area contributed by atoms with Gasteiger partial charge in [-0.25, -0.2) is 9.78 Å². The Bertz CT molecular complexity index is 1750. The number of H-pyrrole nitrogens is 1. The zero-order valence-corrected chi connectivity index (χ0v) is 31.1. The average Bonchev–Trinajstić information content (AvgIpc) is 3.64. The van der Waals surface area contributed by atoms with Crippen LogP contribution in [0, 0.1) is 5.92 Å². The van der Waals surface area contributed by atoms with E-state index in [1.165, 1.54) is 50.6 Å². The molecule has 23 heteroatoms. The number of nitrogens with zero attached hydrogens (tertiary/aromatic N) is 2. The molecule has 0 aliphatic carbocycles. The first-order valence-electron chi connectivity index (χ1n) is 17.5. The molecule has 6 atom stereocenters. The highest BCUT2D eigenvalue weighted by atomic mass is 16.4. The largest absolute Gasteiger partial charge is 0.508 e. The second-order valence-electron chi connectivity index (χ2n) is 13.2. The molecule has 0 saturated heterocycles. The van der Waals surface area contributed by atoms with Crippen molar-refractivity contribution < 1.29 is 58.8 Å². The quantitative estimate of drug-likeness (QED) is 0.0277. The van der Waals surface area contributed by atoms with E-state index in [-0.39, 0.29) is 43.9 Å². The van der Waals surface area contributed by atoms with Crippen LogP contribution in [0.5, 0.6) is 5.75 Å². The van der Waals surface area contributed by atoms with Crippen molar-refractivity contribution in [3.05, 3.63) is 48.0 Å². The number of hydrogen-bond donors (Lipinski definition) is 13. The van der Waals surface area contributed by atoms with Gasteiger partial charge in [-0.2, -0.15) is 0 Å². The lowest BCUT2D eigenvalue weighted by atomic mass is 10.0. The van der Waals surface area contributed by atoms with Crippen LogP contribution in [0.1, 0.15) is 50.8 Å². The maximum absolute atomic E-state index is 14.0. The van der Waals surface area contributed by atoms with Crippen molar-refractivity contribution >= 4 is 53.4 Å². The summed E-state index contributed by atoms with van der Waals surface area (Å²) in [5, 5.41) is 50.0. The standard InChI is InChI=1S/C34H49N11O12/c1-16(2)27(45-28(51)20(35)12-25(47)48)32(55)44-24(13-26(49)50)31(54)42-22(10-17-5-7-19(46)8-6-17)29(52)43-23(11-18-14-38-15-40-18)30(53)41-21(33(56)57)4-3-9-39-34(36)37/h5-8,14-16,20-24,27,46H,3-4,9-13,35H2,1-2H3,(H,38,40)(H,41,53)(H,42,54)(H,43,52)(H,44,55)(H,45,51)(H,47,48)(H,49,50)(H,56,57)(H4,36,37,39)/t20-,21-,22-,23-,24-,27-/m0/s1. The lowest BCUT2D eigenvalue weighted by molar-refractivity contribution is -0.142. The van der Waals surface area contributed by atoms with Crippen LogP contribution in [-0.4, -0.2) is 127 Å². The van der Waals surface area contributed by atoms with Gasteiger partial charge >= 0.3 is 17.9 Å². The zero-order valence-electron chi connectivity index (χ0n) is 31.1. The minimum Gasteiger partial charge on any atom is -0.508 e. The summed E-state index contributed by atoms with van der Waals surface area (Å²) in [5.41, 5.74) is 17.0. The molecule has 5 amide bonds. The number of aliphatic imine (C=N–C) groups is 1. The van der Waals surface area contributed by atoms with Gasteiger partial charge in [-0.3, -0.25) is 38.6 Å². The van der Waals surface area contributed by atoms with Crippen LogP contribution in [0.4, 0.5) is 0 Å². The number of carboxylic acids is 3. The molecule has 0 bridgehead atoms. The van der Waals surface area contributed by atoms with E-state index < -0.39 is 102 Å². The minimum atomic E-state index is -1.84. The number of carboxylic acid groups (broad SMARTS) is 3. The van der Waals surface area contributed by atoms with Crippen molar-refractivity contribution in [3.63, 3.8) is 0 Å². The Labute approximate surface area is 325 Å². The number of rotatable bonds is 24.